The summed E-state index contributed by atoms with van der Waals surface area (Å²) in [5.41, 5.74) is 3.81. The first-order valence-corrected chi connectivity index (χ1v) is 8.77. The van der Waals surface area contributed by atoms with Crippen molar-refractivity contribution in [3.05, 3.63) is 96.1 Å². The molecule has 0 aliphatic carbocycles. The Hall–Kier alpha value is -3.27. The van der Waals surface area contributed by atoms with Crippen molar-refractivity contribution in [2.45, 2.75) is 13.1 Å². The molecular formula is C22H21N3O. The minimum Gasteiger partial charge on any atom is -0.492 e. The SMILES string of the molecule is N=c1n(CCOc2ccccc2)c2ccccc2n1Cc1ccccc1. The highest BCUT2D eigenvalue weighted by atomic mass is 16.5. The minimum atomic E-state index is 0.492. The van der Waals surface area contributed by atoms with E-state index in [0.29, 0.717) is 25.3 Å². The number of rotatable bonds is 6. The zero-order valence-electron chi connectivity index (χ0n) is 14.5. The Labute approximate surface area is 152 Å². The molecule has 1 aromatic heterocycles. The lowest BCUT2D eigenvalue weighted by Gasteiger charge is -2.08. The summed E-state index contributed by atoms with van der Waals surface area (Å²) in [6.07, 6.45) is 0. The molecule has 0 fully saturated rings. The Morgan fingerprint density at radius 1 is 0.692 bits per heavy atom. The molecule has 4 rings (SSSR count). The second-order valence-electron chi connectivity index (χ2n) is 6.20. The van der Waals surface area contributed by atoms with Crippen LogP contribution in [0.4, 0.5) is 0 Å². The molecule has 1 N–H and O–H groups in total. The van der Waals surface area contributed by atoms with Gasteiger partial charge in [0, 0.05) is 0 Å². The molecule has 0 radical (unpaired) electrons. The van der Waals surface area contributed by atoms with Gasteiger partial charge in [0.2, 0.25) is 5.62 Å². The molecule has 0 spiro atoms. The quantitative estimate of drug-likeness (QED) is 0.564. The normalized spacial score (nSPS) is 10.9. The average Bonchev–Trinajstić information content (AvgIpc) is 2.96. The molecule has 4 aromatic rings. The molecule has 0 atom stereocenters. The van der Waals surface area contributed by atoms with Gasteiger partial charge in [-0.15, -0.1) is 0 Å². The summed E-state index contributed by atoms with van der Waals surface area (Å²) >= 11 is 0. The molecule has 0 unspecified atom stereocenters. The largest absolute Gasteiger partial charge is 0.492 e. The van der Waals surface area contributed by atoms with E-state index in [-0.39, 0.29) is 0 Å². The van der Waals surface area contributed by atoms with Crippen molar-refractivity contribution in [1.29, 1.82) is 5.41 Å². The molecule has 26 heavy (non-hydrogen) atoms. The monoisotopic (exact) mass is 343 g/mol. The van der Waals surface area contributed by atoms with Gasteiger partial charge in [0.25, 0.3) is 0 Å². The lowest BCUT2D eigenvalue weighted by atomic mass is 10.2. The van der Waals surface area contributed by atoms with E-state index >= 15 is 0 Å². The molecule has 4 heteroatoms. The number of para-hydroxylation sites is 3. The summed E-state index contributed by atoms with van der Waals surface area (Å²) in [6.45, 7) is 1.85. The van der Waals surface area contributed by atoms with E-state index in [1.165, 1.54) is 5.56 Å². The van der Waals surface area contributed by atoms with E-state index < -0.39 is 0 Å². The van der Waals surface area contributed by atoms with Crippen LogP contribution in [0.2, 0.25) is 0 Å². The standard InChI is InChI=1S/C22H21N3O/c23-22-24(15-16-26-19-11-5-2-6-12-19)20-13-7-8-14-21(20)25(22)17-18-9-3-1-4-10-18/h1-14,23H,15-17H2. The van der Waals surface area contributed by atoms with E-state index in [0.717, 1.165) is 16.8 Å². The molecule has 130 valence electrons. The van der Waals surface area contributed by atoms with Gasteiger partial charge < -0.3 is 13.9 Å². The molecule has 0 aliphatic heterocycles. The first kappa shape index (κ1) is 16.2. The van der Waals surface area contributed by atoms with E-state index in [4.69, 9.17) is 10.1 Å². The van der Waals surface area contributed by atoms with Crippen molar-refractivity contribution in [1.82, 2.24) is 9.13 Å². The maximum absolute atomic E-state index is 8.68. The van der Waals surface area contributed by atoms with E-state index in [9.17, 15) is 0 Å². The van der Waals surface area contributed by atoms with Crippen molar-refractivity contribution in [2.24, 2.45) is 0 Å². The first-order chi connectivity index (χ1) is 12.8. The maximum atomic E-state index is 8.68. The third-order valence-corrected chi connectivity index (χ3v) is 4.49. The van der Waals surface area contributed by atoms with E-state index in [1.54, 1.807) is 0 Å². The lowest BCUT2D eigenvalue weighted by molar-refractivity contribution is 0.296. The predicted molar refractivity (Wildman–Crippen MR) is 103 cm³/mol. The van der Waals surface area contributed by atoms with Crippen LogP contribution < -0.4 is 10.4 Å². The third kappa shape index (κ3) is 3.26. The minimum absolute atomic E-state index is 0.492. The van der Waals surface area contributed by atoms with Gasteiger partial charge in [-0.2, -0.15) is 0 Å². The summed E-state index contributed by atoms with van der Waals surface area (Å²) in [6, 6.07) is 28.2. The Balaban J connectivity index is 1.62. The van der Waals surface area contributed by atoms with Crippen LogP contribution >= 0.6 is 0 Å². The zero-order valence-corrected chi connectivity index (χ0v) is 14.5. The van der Waals surface area contributed by atoms with Crippen LogP contribution in [0.15, 0.2) is 84.9 Å². The fraction of sp³-hybridized carbons (Fsp3) is 0.136. The number of hydrogen-bond donors (Lipinski definition) is 1. The molecule has 0 saturated carbocycles. The van der Waals surface area contributed by atoms with Crippen LogP contribution in [0.3, 0.4) is 0 Å². The van der Waals surface area contributed by atoms with Gasteiger partial charge >= 0.3 is 0 Å². The number of imidazole rings is 1. The maximum Gasteiger partial charge on any atom is 0.203 e. The third-order valence-electron chi connectivity index (χ3n) is 4.49. The topological polar surface area (TPSA) is 42.9 Å². The zero-order chi connectivity index (χ0) is 17.8. The van der Waals surface area contributed by atoms with E-state index in [1.807, 2.05) is 69.8 Å². The fourth-order valence-electron chi connectivity index (χ4n) is 3.22. The Morgan fingerprint density at radius 2 is 1.27 bits per heavy atom. The Morgan fingerprint density at radius 3 is 1.96 bits per heavy atom. The van der Waals surface area contributed by atoms with Crippen molar-refractivity contribution in [2.75, 3.05) is 6.61 Å². The number of aromatic nitrogens is 2. The summed E-state index contributed by atoms with van der Waals surface area (Å²) in [5.74, 6) is 0.854. The van der Waals surface area contributed by atoms with Gasteiger partial charge in [0.15, 0.2) is 0 Å². The second-order valence-corrected chi connectivity index (χ2v) is 6.20. The van der Waals surface area contributed by atoms with E-state index in [2.05, 4.69) is 24.3 Å². The second kappa shape index (κ2) is 7.31. The van der Waals surface area contributed by atoms with Crippen LogP contribution in [0.5, 0.6) is 5.75 Å². The highest BCUT2D eigenvalue weighted by molar-refractivity contribution is 5.76. The Kier molecular flexibility index (Phi) is 4.56. The van der Waals surface area contributed by atoms with Crippen LogP contribution in [0.25, 0.3) is 11.0 Å². The highest BCUT2D eigenvalue weighted by Crippen LogP contribution is 2.15. The first-order valence-electron chi connectivity index (χ1n) is 8.77. The van der Waals surface area contributed by atoms with Crippen LogP contribution in [-0.2, 0) is 13.1 Å². The number of ether oxygens (including phenoxy) is 1. The molecular weight excluding hydrogens is 322 g/mol. The molecule has 0 aliphatic rings. The highest BCUT2D eigenvalue weighted by Gasteiger charge is 2.10. The van der Waals surface area contributed by atoms with Gasteiger partial charge in [0.05, 0.1) is 24.1 Å². The van der Waals surface area contributed by atoms with Crippen LogP contribution in [0, 0.1) is 5.41 Å². The number of nitrogens with one attached hydrogen (secondary N) is 1. The number of benzene rings is 3. The van der Waals surface area contributed by atoms with Crippen molar-refractivity contribution in [3.63, 3.8) is 0 Å². The summed E-state index contributed by atoms with van der Waals surface area (Å²) in [4.78, 5) is 0. The van der Waals surface area contributed by atoms with Gasteiger partial charge in [-0.05, 0) is 29.8 Å². The molecule has 3 aromatic carbocycles. The van der Waals surface area contributed by atoms with Gasteiger partial charge in [-0.3, -0.25) is 5.41 Å². The summed E-state index contributed by atoms with van der Waals surface area (Å²) in [5, 5.41) is 8.68. The lowest BCUT2D eigenvalue weighted by Crippen LogP contribution is -2.27. The molecule has 0 bridgehead atoms. The van der Waals surface area contributed by atoms with Crippen molar-refractivity contribution >= 4 is 11.0 Å². The molecule has 0 amide bonds. The summed E-state index contributed by atoms with van der Waals surface area (Å²) < 4.78 is 9.89. The smallest absolute Gasteiger partial charge is 0.203 e. The number of hydrogen-bond acceptors (Lipinski definition) is 2. The Bertz CT molecular complexity index is 1050. The van der Waals surface area contributed by atoms with Crippen molar-refractivity contribution in [3.8, 4) is 5.75 Å². The average molecular weight is 343 g/mol. The van der Waals surface area contributed by atoms with Gasteiger partial charge in [-0.25, -0.2) is 0 Å². The van der Waals surface area contributed by atoms with Gasteiger partial charge in [-0.1, -0.05) is 60.7 Å². The summed E-state index contributed by atoms with van der Waals surface area (Å²) in [7, 11) is 0. The fourth-order valence-corrected chi connectivity index (χ4v) is 3.22. The van der Waals surface area contributed by atoms with Crippen molar-refractivity contribution < 1.29 is 4.74 Å². The van der Waals surface area contributed by atoms with Crippen LogP contribution in [0.1, 0.15) is 5.56 Å². The van der Waals surface area contributed by atoms with Crippen LogP contribution in [-0.4, -0.2) is 15.7 Å². The number of nitrogens with zero attached hydrogens (tertiary/aromatic N) is 2. The van der Waals surface area contributed by atoms with Gasteiger partial charge in [0.1, 0.15) is 12.4 Å². The predicted octanol–water partition coefficient (Wildman–Crippen LogP) is 4.05. The molecule has 0 saturated heterocycles. The molecule has 1 heterocycles. The molecule has 4 nitrogen and oxygen atoms in total. The number of fused-ring (bicyclic) bond motifs is 1.